The fourth-order valence-corrected chi connectivity index (χ4v) is 2.61. The zero-order valence-electron chi connectivity index (χ0n) is 11.2. The van der Waals surface area contributed by atoms with Gasteiger partial charge in [-0.1, -0.05) is 36.4 Å². The van der Waals surface area contributed by atoms with E-state index in [1.165, 1.54) is 5.56 Å². The van der Waals surface area contributed by atoms with Gasteiger partial charge in [0.2, 0.25) is 0 Å². The Morgan fingerprint density at radius 1 is 1.00 bits per heavy atom. The summed E-state index contributed by atoms with van der Waals surface area (Å²) in [6.45, 7) is 1.62. The van der Waals surface area contributed by atoms with Crippen LogP contribution in [-0.4, -0.2) is 17.4 Å². The zero-order valence-corrected chi connectivity index (χ0v) is 11.2. The van der Waals surface area contributed by atoms with Crippen LogP contribution in [0.3, 0.4) is 0 Å². The minimum Gasteiger partial charge on any atom is -0.392 e. The number of rotatable bonds is 3. The van der Waals surface area contributed by atoms with Gasteiger partial charge in [0.05, 0.1) is 6.61 Å². The lowest BCUT2D eigenvalue weighted by Crippen LogP contribution is -2.31. The molecule has 1 heterocycles. The van der Waals surface area contributed by atoms with E-state index in [0.29, 0.717) is 6.42 Å². The number of fused-ring (bicyclic) bond motifs is 1. The summed E-state index contributed by atoms with van der Waals surface area (Å²) in [5.41, 5.74) is 3.95. The third kappa shape index (κ3) is 2.45. The molecule has 0 unspecified atom stereocenters. The van der Waals surface area contributed by atoms with E-state index < -0.39 is 0 Å². The first-order chi connectivity index (χ1) is 9.78. The Morgan fingerprint density at radius 3 is 2.45 bits per heavy atom. The third-order valence-electron chi connectivity index (χ3n) is 3.73. The highest BCUT2D eigenvalue weighted by Gasteiger charge is 2.22. The van der Waals surface area contributed by atoms with Crippen molar-refractivity contribution in [3.05, 3.63) is 65.2 Å². The average molecular weight is 267 g/mol. The number of carbonyl (C=O) groups excluding carboxylic acids is 1. The minimum atomic E-state index is 0.0708. The second kappa shape index (κ2) is 5.47. The zero-order chi connectivity index (χ0) is 13.9. The summed E-state index contributed by atoms with van der Waals surface area (Å²) in [5.74, 6) is 0.229. The van der Waals surface area contributed by atoms with E-state index in [2.05, 4.69) is 4.90 Å². The van der Waals surface area contributed by atoms with Crippen LogP contribution in [0.25, 0.3) is 0 Å². The maximum absolute atomic E-state index is 11.9. The van der Waals surface area contributed by atoms with Gasteiger partial charge < -0.3 is 10.0 Å². The molecule has 0 amide bonds. The molecule has 3 heteroatoms. The first-order valence-corrected chi connectivity index (χ1v) is 6.84. The molecule has 0 bridgehead atoms. The van der Waals surface area contributed by atoms with E-state index in [4.69, 9.17) is 5.11 Å². The molecule has 0 spiro atoms. The van der Waals surface area contributed by atoms with E-state index in [9.17, 15) is 4.79 Å². The number of hydrogen-bond donors (Lipinski definition) is 1. The molecule has 0 fully saturated rings. The summed E-state index contributed by atoms with van der Waals surface area (Å²) in [7, 11) is 0. The molecule has 0 aromatic heterocycles. The SMILES string of the molecule is O=C1CCN(Cc2ccc(CO)cc2)c2ccccc21. The van der Waals surface area contributed by atoms with Gasteiger partial charge in [0, 0.05) is 30.8 Å². The largest absolute Gasteiger partial charge is 0.392 e. The molecule has 1 N–H and O–H groups in total. The molecule has 102 valence electrons. The Hall–Kier alpha value is -2.13. The standard InChI is InChI=1S/C17H17NO2/c19-12-14-7-5-13(6-8-14)11-18-10-9-17(20)15-3-1-2-4-16(15)18/h1-8,19H,9-12H2. The second-order valence-electron chi connectivity index (χ2n) is 5.09. The van der Waals surface area contributed by atoms with Crippen molar-refractivity contribution < 1.29 is 9.90 Å². The fraction of sp³-hybridized carbons (Fsp3) is 0.235. The highest BCUT2D eigenvalue weighted by atomic mass is 16.3. The van der Waals surface area contributed by atoms with Gasteiger partial charge >= 0.3 is 0 Å². The Morgan fingerprint density at radius 2 is 1.70 bits per heavy atom. The number of Topliss-reactive ketones (excluding diaryl/α,β-unsaturated/α-hetero) is 1. The van der Waals surface area contributed by atoms with E-state index in [0.717, 1.165) is 29.9 Å². The van der Waals surface area contributed by atoms with E-state index in [-0.39, 0.29) is 12.4 Å². The molecule has 20 heavy (non-hydrogen) atoms. The van der Waals surface area contributed by atoms with Crippen molar-refractivity contribution in [2.45, 2.75) is 19.6 Å². The molecule has 0 aliphatic carbocycles. The van der Waals surface area contributed by atoms with Crippen molar-refractivity contribution in [3.8, 4) is 0 Å². The maximum atomic E-state index is 11.9. The molecule has 3 nitrogen and oxygen atoms in total. The van der Waals surface area contributed by atoms with Crippen LogP contribution in [0.4, 0.5) is 5.69 Å². The van der Waals surface area contributed by atoms with Crippen LogP contribution in [0.2, 0.25) is 0 Å². The van der Waals surface area contributed by atoms with Gasteiger partial charge in [-0.25, -0.2) is 0 Å². The molecule has 2 aromatic carbocycles. The highest BCUT2D eigenvalue weighted by Crippen LogP contribution is 2.28. The molecule has 0 atom stereocenters. The van der Waals surface area contributed by atoms with Crippen LogP contribution >= 0.6 is 0 Å². The van der Waals surface area contributed by atoms with Crippen molar-refractivity contribution in [1.29, 1.82) is 0 Å². The van der Waals surface area contributed by atoms with Gasteiger partial charge in [0.1, 0.15) is 0 Å². The molecule has 0 saturated carbocycles. The van der Waals surface area contributed by atoms with E-state index >= 15 is 0 Å². The lowest BCUT2D eigenvalue weighted by atomic mass is 9.99. The normalized spacial score (nSPS) is 14.2. The van der Waals surface area contributed by atoms with Crippen molar-refractivity contribution in [2.75, 3.05) is 11.4 Å². The number of para-hydroxylation sites is 1. The number of carbonyl (C=O) groups is 1. The van der Waals surface area contributed by atoms with Gasteiger partial charge in [-0.05, 0) is 23.3 Å². The Kier molecular flexibility index (Phi) is 3.52. The molecule has 1 aliphatic rings. The summed E-state index contributed by atoms with van der Waals surface area (Å²) in [6.07, 6.45) is 0.575. The quantitative estimate of drug-likeness (QED) is 0.929. The van der Waals surface area contributed by atoms with Crippen LogP contribution in [-0.2, 0) is 13.2 Å². The number of anilines is 1. The van der Waals surface area contributed by atoms with Crippen molar-refractivity contribution in [1.82, 2.24) is 0 Å². The number of ketones is 1. The predicted octanol–water partition coefficient (Wildman–Crippen LogP) is 2.77. The second-order valence-corrected chi connectivity index (χ2v) is 5.09. The van der Waals surface area contributed by atoms with Crippen LogP contribution in [0, 0.1) is 0 Å². The predicted molar refractivity (Wildman–Crippen MR) is 78.8 cm³/mol. The lowest BCUT2D eigenvalue weighted by molar-refractivity contribution is 0.0979. The number of hydrogen-bond acceptors (Lipinski definition) is 3. The van der Waals surface area contributed by atoms with Crippen LogP contribution in [0.1, 0.15) is 27.9 Å². The average Bonchev–Trinajstić information content (AvgIpc) is 2.51. The topological polar surface area (TPSA) is 40.5 Å². The van der Waals surface area contributed by atoms with E-state index in [1.807, 2.05) is 48.5 Å². The smallest absolute Gasteiger partial charge is 0.166 e. The third-order valence-corrected chi connectivity index (χ3v) is 3.73. The molecular formula is C17H17NO2. The molecule has 0 radical (unpaired) electrons. The fourth-order valence-electron chi connectivity index (χ4n) is 2.61. The van der Waals surface area contributed by atoms with Crippen molar-refractivity contribution >= 4 is 11.5 Å². The van der Waals surface area contributed by atoms with Gasteiger partial charge in [0.25, 0.3) is 0 Å². The number of nitrogens with zero attached hydrogens (tertiary/aromatic N) is 1. The van der Waals surface area contributed by atoms with Gasteiger partial charge in [-0.15, -0.1) is 0 Å². The maximum Gasteiger partial charge on any atom is 0.166 e. The molecule has 1 aliphatic heterocycles. The van der Waals surface area contributed by atoms with Crippen molar-refractivity contribution in [2.24, 2.45) is 0 Å². The Bertz CT molecular complexity index is 619. The number of aliphatic hydroxyl groups excluding tert-OH is 1. The first kappa shape index (κ1) is 12.9. The van der Waals surface area contributed by atoms with Gasteiger partial charge in [-0.3, -0.25) is 4.79 Å². The molecular weight excluding hydrogens is 250 g/mol. The Balaban J connectivity index is 1.84. The summed E-state index contributed by atoms with van der Waals surface area (Å²) in [5, 5.41) is 9.06. The molecule has 0 saturated heterocycles. The first-order valence-electron chi connectivity index (χ1n) is 6.84. The highest BCUT2D eigenvalue weighted by molar-refractivity contribution is 6.03. The van der Waals surface area contributed by atoms with Crippen LogP contribution < -0.4 is 4.90 Å². The van der Waals surface area contributed by atoms with Gasteiger partial charge in [-0.2, -0.15) is 0 Å². The molecule has 2 aromatic rings. The van der Waals surface area contributed by atoms with Crippen LogP contribution in [0.5, 0.6) is 0 Å². The molecule has 3 rings (SSSR count). The summed E-state index contributed by atoms with van der Waals surface area (Å²) >= 11 is 0. The lowest BCUT2D eigenvalue weighted by Gasteiger charge is -2.30. The van der Waals surface area contributed by atoms with E-state index in [1.54, 1.807) is 0 Å². The monoisotopic (exact) mass is 267 g/mol. The summed E-state index contributed by atoms with van der Waals surface area (Å²) in [4.78, 5) is 14.2. The Labute approximate surface area is 118 Å². The number of aliphatic hydroxyl groups is 1. The minimum absolute atomic E-state index is 0.0708. The van der Waals surface area contributed by atoms with Crippen LogP contribution in [0.15, 0.2) is 48.5 Å². The summed E-state index contributed by atoms with van der Waals surface area (Å²) < 4.78 is 0. The summed E-state index contributed by atoms with van der Waals surface area (Å²) in [6, 6.07) is 15.7. The van der Waals surface area contributed by atoms with Gasteiger partial charge in [0.15, 0.2) is 5.78 Å². The van der Waals surface area contributed by atoms with Crippen molar-refractivity contribution in [3.63, 3.8) is 0 Å². The number of benzene rings is 2.